The summed E-state index contributed by atoms with van der Waals surface area (Å²) in [5.41, 5.74) is 5.83. The maximum Gasteiger partial charge on any atom is 0.255 e. The molecule has 0 radical (unpaired) electrons. The van der Waals surface area contributed by atoms with Crippen LogP contribution in [0.25, 0.3) is 0 Å². The van der Waals surface area contributed by atoms with Gasteiger partial charge in [0.2, 0.25) is 0 Å². The normalized spacial score (nSPS) is 9.83. The van der Waals surface area contributed by atoms with Crippen LogP contribution in [0.2, 0.25) is 5.02 Å². The maximum atomic E-state index is 11.9. The SMILES string of the molecule is COc1cc(N)c(Cl)cc1C(=O)NCC(F)F.Cl. The van der Waals surface area contributed by atoms with Gasteiger partial charge in [-0.1, -0.05) is 11.6 Å². The Bertz CT molecular complexity index is 431. The Morgan fingerprint density at radius 2 is 2.17 bits per heavy atom. The number of halogens is 4. The smallest absolute Gasteiger partial charge is 0.255 e. The maximum absolute atomic E-state index is 11.9. The zero-order valence-corrected chi connectivity index (χ0v) is 10.9. The fraction of sp³-hybridized carbons (Fsp3) is 0.300. The van der Waals surface area contributed by atoms with Crippen molar-refractivity contribution in [1.29, 1.82) is 0 Å². The number of anilines is 1. The number of carbonyl (C=O) groups is 1. The van der Waals surface area contributed by atoms with E-state index in [0.717, 1.165) is 0 Å². The van der Waals surface area contributed by atoms with Crippen molar-refractivity contribution in [2.45, 2.75) is 6.43 Å². The van der Waals surface area contributed by atoms with E-state index in [1.54, 1.807) is 0 Å². The molecule has 0 unspecified atom stereocenters. The molecule has 1 aromatic rings. The summed E-state index contributed by atoms with van der Waals surface area (Å²) in [4.78, 5) is 11.6. The minimum Gasteiger partial charge on any atom is -0.496 e. The van der Waals surface area contributed by atoms with Crippen LogP contribution in [0.15, 0.2) is 12.1 Å². The van der Waals surface area contributed by atoms with Crippen LogP contribution >= 0.6 is 24.0 Å². The van der Waals surface area contributed by atoms with E-state index < -0.39 is 18.9 Å². The molecule has 0 spiro atoms. The third-order valence-corrected chi connectivity index (χ3v) is 2.31. The van der Waals surface area contributed by atoms with Crippen molar-refractivity contribution in [3.05, 3.63) is 22.7 Å². The van der Waals surface area contributed by atoms with Gasteiger partial charge in [-0.3, -0.25) is 4.79 Å². The van der Waals surface area contributed by atoms with E-state index >= 15 is 0 Å². The lowest BCUT2D eigenvalue weighted by Gasteiger charge is -2.10. The molecule has 0 fully saturated rings. The average Bonchev–Trinajstić information content (AvgIpc) is 2.28. The lowest BCUT2D eigenvalue weighted by atomic mass is 10.1. The molecule has 0 aliphatic rings. The van der Waals surface area contributed by atoms with Crippen LogP contribution in [0.5, 0.6) is 5.75 Å². The Labute approximate surface area is 114 Å². The fourth-order valence-corrected chi connectivity index (χ4v) is 1.34. The van der Waals surface area contributed by atoms with Crippen LogP contribution in [-0.2, 0) is 0 Å². The first kappa shape index (κ1) is 16.7. The summed E-state index contributed by atoms with van der Waals surface area (Å²) < 4.78 is 28.8. The predicted molar refractivity (Wildman–Crippen MR) is 68.0 cm³/mol. The molecule has 1 aromatic carbocycles. The number of hydrogen-bond donors (Lipinski definition) is 2. The number of nitrogen functional groups attached to an aromatic ring is 1. The van der Waals surface area contributed by atoms with Crippen LogP contribution in [0.1, 0.15) is 10.4 Å². The number of methoxy groups -OCH3 is 1. The van der Waals surface area contributed by atoms with Gasteiger partial charge in [-0.05, 0) is 6.07 Å². The Hall–Kier alpha value is -1.27. The minimum absolute atomic E-state index is 0. The molecular formula is C10H12Cl2F2N2O2. The molecule has 0 aromatic heterocycles. The summed E-state index contributed by atoms with van der Waals surface area (Å²) in [5, 5.41) is 2.21. The second-order valence-corrected chi connectivity index (χ2v) is 3.58. The quantitative estimate of drug-likeness (QED) is 0.839. The van der Waals surface area contributed by atoms with E-state index in [4.69, 9.17) is 22.1 Å². The van der Waals surface area contributed by atoms with Gasteiger partial charge in [-0.25, -0.2) is 8.78 Å². The Morgan fingerprint density at radius 3 is 2.67 bits per heavy atom. The van der Waals surface area contributed by atoms with Gasteiger partial charge in [0.05, 0.1) is 29.9 Å². The van der Waals surface area contributed by atoms with Crippen LogP contribution in [0, 0.1) is 0 Å². The van der Waals surface area contributed by atoms with Crippen molar-refractivity contribution >= 4 is 35.6 Å². The molecule has 0 bridgehead atoms. The van der Waals surface area contributed by atoms with Crippen molar-refractivity contribution in [1.82, 2.24) is 5.32 Å². The lowest BCUT2D eigenvalue weighted by Crippen LogP contribution is -2.28. The third kappa shape index (κ3) is 4.19. The molecule has 0 saturated carbocycles. The summed E-state index contributed by atoms with van der Waals surface area (Å²) in [6, 6.07) is 2.64. The number of alkyl halides is 2. The predicted octanol–water partition coefficient (Wildman–Crippen LogP) is 2.35. The van der Waals surface area contributed by atoms with Crippen LogP contribution in [0.3, 0.4) is 0 Å². The van der Waals surface area contributed by atoms with Gasteiger partial charge >= 0.3 is 0 Å². The third-order valence-electron chi connectivity index (χ3n) is 1.98. The Kier molecular flexibility index (Phi) is 6.72. The highest BCUT2D eigenvalue weighted by molar-refractivity contribution is 6.33. The van der Waals surface area contributed by atoms with E-state index in [1.807, 2.05) is 0 Å². The standard InChI is InChI=1S/C10H11ClF2N2O2.ClH/c1-17-8-3-7(14)6(11)2-5(8)10(16)15-4-9(12)13;/h2-3,9H,4,14H2,1H3,(H,15,16);1H. The molecule has 1 amide bonds. The molecule has 0 heterocycles. The number of carbonyl (C=O) groups excluding carboxylic acids is 1. The monoisotopic (exact) mass is 300 g/mol. The van der Waals surface area contributed by atoms with Crippen molar-refractivity contribution in [2.75, 3.05) is 19.4 Å². The largest absolute Gasteiger partial charge is 0.496 e. The van der Waals surface area contributed by atoms with Crippen LogP contribution in [0.4, 0.5) is 14.5 Å². The first-order valence-electron chi connectivity index (χ1n) is 4.65. The number of nitrogens with one attached hydrogen (secondary N) is 1. The first-order chi connectivity index (χ1) is 7.95. The van der Waals surface area contributed by atoms with E-state index in [9.17, 15) is 13.6 Å². The molecule has 0 atom stereocenters. The zero-order chi connectivity index (χ0) is 13.0. The molecule has 0 saturated heterocycles. The van der Waals surface area contributed by atoms with Crippen molar-refractivity contribution in [3.8, 4) is 5.75 Å². The van der Waals surface area contributed by atoms with E-state index in [0.29, 0.717) is 0 Å². The van der Waals surface area contributed by atoms with E-state index in [-0.39, 0.29) is 34.4 Å². The number of nitrogens with two attached hydrogens (primary N) is 1. The Balaban J connectivity index is 0.00000289. The van der Waals surface area contributed by atoms with Crippen molar-refractivity contribution in [3.63, 3.8) is 0 Å². The van der Waals surface area contributed by atoms with Gasteiger partial charge in [0.1, 0.15) is 5.75 Å². The second-order valence-electron chi connectivity index (χ2n) is 3.18. The fourth-order valence-electron chi connectivity index (χ4n) is 1.18. The molecule has 0 aliphatic carbocycles. The lowest BCUT2D eigenvalue weighted by molar-refractivity contribution is 0.0889. The van der Waals surface area contributed by atoms with Gasteiger partial charge in [0.15, 0.2) is 0 Å². The summed E-state index contributed by atoms with van der Waals surface area (Å²) in [6.07, 6.45) is -2.62. The van der Waals surface area contributed by atoms with E-state index in [2.05, 4.69) is 5.32 Å². The van der Waals surface area contributed by atoms with Crippen LogP contribution < -0.4 is 15.8 Å². The van der Waals surface area contributed by atoms with Crippen molar-refractivity contribution < 1.29 is 18.3 Å². The zero-order valence-electron chi connectivity index (χ0n) is 9.38. The Morgan fingerprint density at radius 1 is 1.56 bits per heavy atom. The topological polar surface area (TPSA) is 64.3 Å². The minimum atomic E-state index is -2.62. The highest BCUT2D eigenvalue weighted by atomic mass is 35.5. The van der Waals surface area contributed by atoms with Gasteiger partial charge in [-0.15, -0.1) is 12.4 Å². The average molecular weight is 301 g/mol. The van der Waals surface area contributed by atoms with Gasteiger partial charge in [-0.2, -0.15) is 0 Å². The number of rotatable bonds is 4. The molecule has 4 nitrogen and oxygen atoms in total. The first-order valence-corrected chi connectivity index (χ1v) is 5.03. The number of amides is 1. The molecule has 102 valence electrons. The number of ether oxygens (including phenoxy) is 1. The highest BCUT2D eigenvalue weighted by Crippen LogP contribution is 2.28. The molecular weight excluding hydrogens is 289 g/mol. The van der Waals surface area contributed by atoms with Crippen LogP contribution in [-0.4, -0.2) is 26.0 Å². The second kappa shape index (κ2) is 7.23. The highest BCUT2D eigenvalue weighted by Gasteiger charge is 2.16. The van der Waals surface area contributed by atoms with Gasteiger partial charge in [0.25, 0.3) is 12.3 Å². The molecule has 18 heavy (non-hydrogen) atoms. The molecule has 1 rings (SSSR count). The summed E-state index contributed by atoms with van der Waals surface area (Å²) in [6.45, 7) is -0.732. The number of hydrogen-bond acceptors (Lipinski definition) is 3. The summed E-state index contributed by atoms with van der Waals surface area (Å²) in [5.74, 6) is -0.511. The molecule has 8 heteroatoms. The summed E-state index contributed by atoms with van der Waals surface area (Å²) >= 11 is 5.74. The summed E-state index contributed by atoms with van der Waals surface area (Å²) in [7, 11) is 1.34. The van der Waals surface area contributed by atoms with Gasteiger partial charge in [0, 0.05) is 6.07 Å². The number of benzene rings is 1. The van der Waals surface area contributed by atoms with Gasteiger partial charge < -0.3 is 15.8 Å². The van der Waals surface area contributed by atoms with E-state index in [1.165, 1.54) is 19.2 Å². The van der Waals surface area contributed by atoms with Crippen molar-refractivity contribution in [2.24, 2.45) is 0 Å². The molecule has 3 N–H and O–H groups in total. The molecule has 0 aliphatic heterocycles.